The van der Waals surface area contributed by atoms with E-state index in [1.54, 1.807) is 0 Å². The van der Waals surface area contributed by atoms with Gasteiger partial charge >= 0.3 is 0 Å². The van der Waals surface area contributed by atoms with Crippen LogP contribution in [0.5, 0.6) is 0 Å². The average molecular weight is 925 g/mol. The minimum absolute atomic E-state index is 0.581. The molecule has 336 valence electrons. The maximum Gasteiger partial charge on any atom is 0.143 e. The molecule has 0 fully saturated rings. The highest BCUT2D eigenvalue weighted by atomic mass is 16.3. The second kappa shape index (κ2) is 14.3. The minimum atomic E-state index is -0.581. The zero-order chi connectivity index (χ0) is 47.5. The monoisotopic (exact) mass is 924 g/mol. The third-order valence-corrected chi connectivity index (χ3v) is 16.7. The number of furan rings is 2. The van der Waals surface area contributed by atoms with Crippen LogP contribution in [0, 0.1) is 0 Å². The van der Waals surface area contributed by atoms with E-state index in [0.717, 1.165) is 76.9 Å². The first kappa shape index (κ1) is 39.2. The van der Waals surface area contributed by atoms with Crippen LogP contribution in [0.1, 0.15) is 22.3 Å². The molecule has 2 aromatic heterocycles. The molecule has 0 bridgehead atoms. The Morgan fingerprint density at radius 1 is 0.219 bits per heavy atom. The lowest BCUT2D eigenvalue weighted by atomic mass is 9.69. The zero-order valence-corrected chi connectivity index (χ0v) is 39.4. The third kappa shape index (κ3) is 4.97. The highest BCUT2D eigenvalue weighted by molar-refractivity contribution is 6.25. The van der Waals surface area contributed by atoms with Crippen LogP contribution in [-0.4, -0.2) is 0 Å². The molecule has 15 aromatic rings. The molecule has 13 aromatic carbocycles. The molecule has 2 aliphatic rings. The standard InChI is InChI=1S/C71H40O2/c1-3-22-47-41(18-1)42-19-2-4-23-50(42)68-67(47)56-25-6-10-36-61(56)71(68)60-35-9-5-24-55(60)66-57(34-17-37-62(66)71)65-48-28-13-26-43(51-30-15-32-53-45-20-7-11-38-63(45)72-69(51)53)58(48)40-59-44(27-14-29-49(59)65)52-31-16-33-54-46-21-8-12-39-64(46)73-70(52)54/h1-40H. The van der Waals surface area contributed by atoms with E-state index in [1.165, 1.54) is 88.0 Å². The molecule has 73 heavy (non-hydrogen) atoms. The van der Waals surface area contributed by atoms with Crippen molar-refractivity contribution < 1.29 is 8.83 Å². The van der Waals surface area contributed by atoms with Crippen LogP contribution in [0.4, 0.5) is 0 Å². The quantitative estimate of drug-likeness (QED) is 0.130. The maximum atomic E-state index is 6.81. The SMILES string of the molecule is c1ccc2c(c1)-c1c(-c3c4cccc(-c5cccc6c5oc5ccccc56)c4cc4c(-c5cccc6c5oc5ccccc56)cccc34)cccc1C21c2ccccc2-c2c1c1ccccc1c1ccccc21. The fourth-order valence-electron chi connectivity index (χ4n) is 13.9. The highest BCUT2D eigenvalue weighted by Crippen LogP contribution is 2.67. The van der Waals surface area contributed by atoms with Crippen molar-refractivity contribution in [3.63, 3.8) is 0 Å². The van der Waals surface area contributed by atoms with E-state index in [-0.39, 0.29) is 0 Å². The molecule has 1 spiro atoms. The van der Waals surface area contributed by atoms with Gasteiger partial charge in [0.1, 0.15) is 22.3 Å². The predicted octanol–water partition coefficient (Wildman–Crippen LogP) is 19.4. The van der Waals surface area contributed by atoms with Gasteiger partial charge < -0.3 is 8.83 Å². The molecule has 1 unspecified atom stereocenters. The molecule has 2 heteroatoms. The fourth-order valence-corrected chi connectivity index (χ4v) is 13.9. The first-order valence-electron chi connectivity index (χ1n) is 25.3. The number of para-hydroxylation sites is 4. The smallest absolute Gasteiger partial charge is 0.143 e. The van der Waals surface area contributed by atoms with Crippen LogP contribution in [0.3, 0.4) is 0 Å². The van der Waals surface area contributed by atoms with Gasteiger partial charge in [-0.1, -0.05) is 224 Å². The van der Waals surface area contributed by atoms with Gasteiger partial charge in [0.2, 0.25) is 0 Å². The van der Waals surface area contributed by atoms with Gasteiger partial charge in [0.15, 0.2) is 0 Å². The summed E-state index contributed by atoms with van der Waals surface area (Å²) in [5.41, 5.74) is 20.3. The first-order chi connectivity index (χ1) is 36.3. The molecule has 0 radical (unpaired) electrons. The summed E-state index contributed by atoms with van der Waals surface area (Å²) >= 11 is 0. The number of rotatable bonds is 3. The zero-order valence-electron chi connectivity index (χ0n) is 39.4. The molecule has 0 amide bonds. The first-order valence-corrected chi connectivity index (χ1v) is 25.3. The predicted molar refractivity (Wildman–Crippen MR) is 304 cm³/mol. The molecular formula is C71H40O2. The van der Waals surface area contributed by atoms with Gasteiger partial charge in [-0.05, 0) is 128 Å². The summed E-state index contributed by atoms with van der Waals surface area (Å²) in [5.74, 6) is 0. The van der Waals surface area contributed by atoms with E-state index in [2.05, 4.69) is 243 Å². The molecule has 2 aliphatic carbocycles. The highest BCUT2D eigenvalue weighted by Gasteiger charge is 2.53. The maximum absolute atomic E-state index is 6.81. The summed E-state index contributed by atoms with van der Waals surface area (Å²) in [5, 5.41) is 14.3. The number of benzene rings is 13. The van der Waals surface area contributed by atoms with Crippen molar-refractivity contribution in [3.05, 3.63) is 265 Å². The lowest BCUT2D eigenvalue weighted by Crippen LogP contribution is -2.26. The number of hydrogen-bond acceptors (Lipinski definition) is 2. The van der Waals surface area contributed by atoms with E-state index >= 15 is 0 Å². The molecule has 2 heterocycles. The van der Waals surface area contributed by atoms with Gasteiger partial charge in [-0.25, -0.2) is 0 Å². The summed E-state index contributed by atoms with van der Waals surface area (Å²) in [7, 11) is 0. The van der Waals surface area contributed by atoms with Crippen molar-refractivity contribution in [2.75, 3.05) is 0 Å². The van der Waals surface area contributed by atoms with Crippen LogP contribution >= 0.6 is 0 Å². The molecule has 2 nitrogen and oxygen atoms in total. The summed E-state index contributed by atoms with van der Waals surface area (Å²) in [6.07, 6.45) is 0. The second-order valence-corrected chi connectivity index (χ2v) is 20.0. The normalized spacial score (nSPS) is 14.6. The van der Waals surface area contributed by atoms with Gasteiger partial charge in [-0.3, -0.25) is 0 Å². The summed E-state index contributed by atoms with van der Waals surface area (Å²) in [6.45, 7) is 0. The lowest BCUT2D eigenvalue weighted by Gasteiger charge is -2.32. The van der Waals surface area contributed by atoms with E-state index < -0.39 is 5.41 Å². The van der Waals surface area contributed by atoms with E-state index in [9.17, 15) is 0 Å². The Morgan fingerprint density at radius 2 is 0.589 bits per heavy atom. The van der Waals surface area contributed by atoms with Crippen molar-refractivity contribution in [3.8, 4) is 55.6 Å². The fraction of sp³-hybridized carbons (Fsp3) is 0.0141. The van der Waals surface area contributed by atoms with Crippen LogP contribution in [-0.2, 0) is 5.41 Å². The Bertz CT molecular complexity index is 4760. The lowest BCUT2D eigenvalue weighted by molar-refractivity contribution is 0.669. The van der Waals surface area contributed by atoms with Gasteiger partial charge in [0, 0.05) is 32.7 Å². The Balaban J connectivity index is 1.03. The number of fused-ring (bicyclic) bond motifs is 23. The van der Waals surface area contributed by atoms with Gasteiger partial charge in [-0.2, -0.15) is 0 Å². The van der Waals surface area contributed by atoms with Crippen LogP contribution in [0.2, 0.25) is 0 Å². The largest absolute Gasteiger partial charge is 0.455 e. The molecular weight excluding hydrogens is 885 g/mol. The van der Waals surface area contributed by atoms with Crippen LogP contribution < -0.4 is 0 Å². The number of hydrogen-bond donors (Lipinski definition) is 0. The van der Waals surface area contributed by atoms with Crippen molar-refractivity contribution in [1.82, 2.24) is 0 Å². The summed E-state index contributed by atoms with van der Waals surface area (Å²) in [6, 6.07) is 89.9. The van der Waals surface area contributed by atoms with Crippen LogP contribution in [0.15, 0.2) is 251 Å². The van der Waals surface area contributed by atoms with Crippen molar-refractivity contribution in [2.45, 2.75) is 5.41 Å². The summed E-state index contributed by atoms with van der Waals surface area (Å²) < 4.78 is 13.6. The van der Waals surface area contributed by atoms with E-state index in [4.69, 9.17) is 8.83 Å². The topological polar surface area (TPSA) is 26.3 Å². The molecule has 0 N–H and O–H groups in total. The minimum Gasteiger partial charge on any atom is -0.455 e. The van der Waals surface area contributed by atoms with Crippen LogP contribution in [0.25, 0.3) is 143 Å². The molecule has 1 atom stereocenters. The van der Waals surface area contributed by atoms with Crippen molar-refractivity contribution in [2.24, 2.45) is 0 Å². The van der Waals surface area contributed by atoms with E-state index in [0.29, 0.717) is 0 Å². The molecule has 0 saturated heterocycles. The average Bonchev–Trinajstić information content (AvgIpc) is 4.28. The van der Waals surface area contributed by atoms with E-state index in [1.807, 2.05) is 0 Å². The molecule has 17 rings (SSSR count). The summed E-state index contributed by atoms with van der Waals surface area (Å²) in [4.78, 5) is 0. The van der Waals surface area contributed by atoms with Gasteiger partial charge in [-0.15, -0.1) is 0 Å². The van der Waals surface area contributed by atoms with Gasteiger partial charge in [0.25, 0.3) is 0 Å². The third-order valence-electron chi connectivity index (χ3n) is 16.7. The second-order valence-electron chi connectivity index (χ2n) is 20.0. The Morgan fingerprint density at radius 3 is 1.18 bits per heavy atom. The molecule has 0 aliphatic heterocycles. The Labute approximate surface area is 419 Å². The Hall–Kier alpha value is -9.50. The van der Waals surface area contributed by atoms with Crippen molar-refractivity contribution in [1.29, 1.82) is 0 Å². The Kier molecular flexibility index (Phi) is 7.70. The van der Waals surface area contributed by atoms with Crippen molar-refractivity contribution >= 4 is 87.0 Å². The molecule has 0 saturated carbocycles. The van der Waals surface area contributed by atoms with Gasteiger partial charge in [0.05, 0.1) is 5.41 Å².